The summed E-state index contributed by atoms with van der Waals surface area (Å²) in [5, 5.41) is 14.7. The van der Waals surface area contributed by atoms with E-state index in [-0.39, 0.29) is 6.17 Å². The minimum atomic E-state index is 0.0330. The van der Waals surface area contributed by atoms with E-state index in [1.54, 1.807) is 0 Å². The van der Waals surface area contributed by atoms with Gasteiger partial charge in [0.05, 0.1) is 0 Å². The second-order valence-corrected chi connectivity index (χ2v) is 3.80. The lowest BCUT2D eigenvalue weighted by Crippen LogP contribution is -1.95. The van der Waals surface area contributed by atoms with Gasteiger partial charge in [0.25, 0.3) is 0 Å². The highest BCUT2D eigenvalue weighted by Gasteiger charge is 2.07. The van der Waals surface area contributed by atoms with Crippen LogP contribution in [0.4, 0.5) is 0 Å². The van der Waals surface area contributed by atoms with Gasteiger partial charge in [0.1, 0.15) is 0 Å². The Labute approximate surface area is 85.9 Å². The van der Waals surface area contributed by atoms with Gasteiger partial charge in [0.2, 0.25) is 0 Å². The molecule has 0 amide bonds. The van der Waals surface area contributed by atoms with E-state index in [2.05, 4.69) is 27.6 Å². The van der Waals surface area contributed by atoms with E-state index in [9.17, 15) is 0 Å². The number of hydrogen-bond donors (Lipinski definition) is 0. The van der Waals surface area contributed by atoms with E-state index in [0.717, 1.165) is 6.42 Å². The van der Waals surface area contributed by atoms with Gasteiger partial charge in [0, 0.05) is 0 Å². The zero-order chi connectivity index (χ0) is 10.1. The molecule has 0 N–H and O–H groups in total. The predicted octanol–water partition coefficient (Wildman–Crippen LogP) is 4.29. The molecule has 0 saturated heterocycles. The van der Waals surface area contributed by atoms with Crippen molar-refractivity contribution in [1.82, 2.24) is 0 Å². The van der Waals surface area contributed by atoms with Crippen molar-refractivity contribution in [1.29, 1.82) is 0 Å². The first-order valence-corrected chi connectivity index (χ1v) is 5.73. The summed E-state index contributed by atoms with van der Waals surface area (Å²) in [5.74, 6) is 0. The average molecular weight is 196 g/mol. The molecule has 0 fully saturated rings. The van der Waals surface area contributed by atoms with E-state index in [0.29, 0.717) is 0 Å². The third-order valence-electron chi connectivity index (χ3n) is 2.48. The van der Waals surface area contributed by atoms with E-state index < -0.39 is 0 Å². The highest BCUT2D eigenvalue weighted by molar-refractivity contribution is 4.61. The normalized spacial score (nSPS) is 15.5. The fourth-order valence-corrected chi connectivity index (χ4v) is 1.59. The molecule has 80 valence electrons. The molecule has 14 heavy (non-hydrogen) atoms. The molecular weight excluding hydrogens is 176 g/mol. The lowest BCUT2D eigenvalue weighted by atomic mass is 10.1. The molecule has 0 aromatic rings. The molecular formula is C10H20N4. The van der Waals surface area contributed by atoms with Gasteiger partial charge < -0.3 is 0 Å². The lowest BCUT2D eigenvalue weighted by molar-refractivity contribution is 0.537. The Balaban J connectivity index is 1.80. The first-order valence-electron chi connectivity index (χ1n) is 5.73. The third kappa shape index (κ3) is 5.04. The Bertz CT molecular complexity index is 177. The standard InChI is InChI=1S/C10H20N4/c1-2-3-4-5-6-7-8-9-10-11-13-14-12-10/h10H,2-9H2,1H3. The van der Waals surface area contributed by atoms with Gasteiger partial charge in [-0.2, -0.15) is 0 Å². The minimum Gasteiger partial charge on any atom is -0.138 e. The second kappa shape index (κ2) is 7.59. The van der Waals surface area contributed by atoms with Crippen molar-refractivity contribution >= 4 is 0 Å². The molecule has 0 aromatic heterocycles. The topological polar surface area (TPSA) is 49.4 Å². The van der Waals surface area contributed by atoms with Gasteiger partial charge in [-0.15, -0.1) is 10.2 Å². The largest absolute Gasteiger partial charge is 0.185 e. The van der Waals surface area contributed by atoms with Crippen LogP contribution in [0.1, 0.15) is 58.3 Å². The van der Waals surface area contributed by atoms with Crippen LogP contribution in [0.5, 0.6) is 0 Å². The summed E-state index contributed by atoms with van der Waals surface area (Å²) in [6.07, 6.45) is 10.4. The fourth-order valence-electron chi connectivity index (χ4n) is 1.59. The molecule has 1 aliphatic rings. The van der Waals surface area contributed by atoms with Crippen molar-refractivity contribution in [3.8, 4) is 0 Å². The van der Waals surface area contributed by atoms with Gasteiger partial charge in [-0.05, 0) is 23.3 Å². The monoisotopic (exact) mass is 196 g/mol. The summed E-state index contributed by atoms with van der Waals surface area (Å²) < 4.78 is 0. The lowest BCUT2D eigenvalue weighted by Gasteiger charge is -2.01. The van der Waals surface area contributed by atoms with Crippen molar-refractivity contribution in [2.45, 2.75) is 64.5 Å². The highest BCUT2D eigenvalue weighted by atomic mass is 15.6. The quantitative estimate of drug-likeness (QED) is 0.520. The van der Waals surface area contributed by atoms with Crippen LogP contribution in [0.25, 0.3) is 0 Å². The van der Waals surface area contributed by atoms with Crippen molar-refractivity contribution in [3.05, 3.63) is 0 Å². The van der Waals surface area contributed by atoms with E-state index in [4.69, 9.17) is 0 Å². The molecule has 0 atom stereocenters. The van der Waals surface area contributed by atoms with Crippen molar-refractivity contribution in [3.63, 3.8) is 0 Å². The van der Waals surface area contributed by atoms with E-state index in [1.165, 1.54) is 44.9 Å². The number of unbranched alkanes of at least 4 members (excludes halogenated alkanes) is 6. The summed E-state index contributed by atoms with van der Waals surface area (Å²) in [7, 11) is 0. The van der Waals surface area contributed by atoms with Crippen LogP contribution in [0.15, 0.2) is 20.7 Å². The molecule has 4 heteroatoms. The maximum atomic E-state index is 3.87. The molecule has 0 aromatic carbocycles. The Morgan fingerprint density at radius 2 is 1.36 bits per heavy atom. The molecule has 1 aliphatic heterocycles. The van der Waals surface area contributed by atoms with Gasteiger partial charge in [-0.1, -0.05) is 45.4 Å². The second-order valence-electron chi connectivity index (χ2n) is 3.80. The molecule has 0 saturated carbocycles. The summed E-state index contributed by atoms with van der Waals surface area (Å²) in [6.45, 7) is 2.25. The first-order chi connectivity index (χ1) is 6.93. The van der Waals surface area contributed by atoms with Crippen molar-refractivity contribution < 1.29 is 0 Å². The Hall–Kier alpha value is -0.800. The molecule has 1 rings (SSSR count). The van der Waals surface area contributed by atoms with Crippen LogP contribution in [-0.4, -0.2) is 6.17 Å². The Morgan fingerprint density at radius 1 is 0.786 bits per heavy atom. The first kappa shape index (κ1) is 11.3. The summed E-state index contributed by atoms with van der Waals surface area (Å²) in [4.78, 5) is 0. The van der Waals surface area contributed by atoms with Gasteiger partial charge in [-0.25, -0.2) is 0 Å². The summed E-state index contributed by atoms with van der Waals surface area (Å²) >= 11 is 0. The van der Waals surface area contributed by atoms with Crippen molar-refractivity contribution in [2.24, 2.45) is 20.7 Å². The molecule has 0 spiro atoms. The van der Waals surface area contributed by atoms with E-state index in [1.807, 2.05) is 0 Å². The zero-order valence-corrected chi connectivity index (χ0v) is 9.02. The number of nitrogens with zero attached hydrogens (tertiary/aromatic N) is 4. The van der Waals surface area contributed by atoms with Crippen LogP contribution < -0.4 is 0 Å². The average Bonchev–Trinajstić information content (AvgIpc) is 2.69. The third-order valence-corrected chi connectivity index (χ3v) is 2.48. The Morgan fingerprint density at radius 3 is 2.00 bits per heavy atom. The molecule has 0 radical (unpaired) electrons. The van der Waals surface area contributed by atoms with E-state index >= 15 is 0 Å². The maximum absolute atomic E-state index is 3.87. The van der Waals surface area contributed by atoms with Crippen LogP contribution >= 0.6 is 0 Å². The highest BCUT2D eigenvalue weighted by Crippen LogP contribution is 2.14. The van der Waals surface area contributed by atoms with Gasteiger partial charge in [0.15, 0.2) is 6.17 Å². The van der Waals surface area contributed by atoms with Crippen molar-refractivity contribution in [2.75, 3.05) is 0 Å². The number of rotatable bonds is 8. The molecule has 0 unspecified atom stereocenters. The Kier molecular flexibility index (Phi) is 6.11. The van der Waals surface area contributed by atoms with Gasteiger partial charge >= 0.3 is 0 Å². The zero-order valence-electron chi connectivity index (χ0n) is 9.02. The molecule has 0 aliphatic carbocycles. The summed E-state index contributed by atoms with van der Waals surface area (Å²) in [5.41, 5.74) is 0. The predicted molar refractivity (Wildman–Crippen MR) is 56.1 cm³/mol. The van der Waals surface area contributed by atoms with Crippen LogP contribution in [0.2, 0.25) is 0 Å². The van der Waals surface area contributed by atoms with Crippen LogP contribution in [0, 0.1) is 0 Å². The maximum Gasteiger partial charge on any atom is 0.185 e. The van der Waals surface area contributed by atoms with Gasteiger partial charge in [-0.3, -0.25) is 0 Å². The smallest absolute Gasteiger partial charge is 0.138 e. The summed E-state index contributed by atoms with van der Waals surface area (Å²) in [6, 6.07) is 0. The van der Waals surface area contributed by atoms with Crippen LogP contribution in [0.3, 0.4) is 0 Å². The fraction of sp³-hybridized carbons (Fsp3) is 1.00. The minimum absolute atomic E-state index is 0.0330. The van der Waals surface area contributed by atoms with Crippen LogP contribution in [-0.2, 0) is 0 Å². The SMILES string of the molecule is CCCCCCCCCC1N=NN=N1. The number of hydrogen-bond acceptors (Lipinski definition) is 4. The molecule has 1 heterocycles. The molecule has 4 nitrogen and oxygen atoms in total. The molecule has 0 bridgehead atoms.